The molecule has 1 unspecified atom stereocenters. The number of ether oxygens (including phenoxy) is 1. The van der Waals surface area contributed by atoms with Crippen LogP contribution in [0, 0.1) is 0 Å². The first-order valence-corrected chi connectivity index (χ1v) is 9.45. The molecule has 0 amide bonds. The van der Waals surface area contributed by atoms with Crippen molar-refractivity contribution in [1.82, 2.24) is 14.9 Å². The van der Waals surface area contributed by atoms with Gasteiger partial charge in [0.25, 0.3) is 0 Å². The van der Waals surface area contributed by atoms with Crippen molar-refractivity contribution in [2.75, 3.05) is 13.7 Å². The van der Waals surface area contributed by atoms with Gasteiger partial charge in [-0.1, -0.05) is 12.1 Å². The predicted octanol–water partition coefficient (Wildman–Crippen LogP) is 4.07. The highest BCUT2D eigenvalue weighted by atomic mass is 32.1. The number of hydrogen-bond acceptors (Lipinski definition) is 6. The van der Waals surface area contributed by atoms with Crippen molar-refractivity contribution in [3.8, 4) is 5.75 Å². The molecule has 4 rings (SSSR count). The molecule has 0 aliphatic carbocycles. The average Bonchev–Trinajstić information content (AvgIpc) is 3.38. The molecule has 1 fully saturated rings. The van der Waals surface area contributed by atoms with Gasteiger partial charge in [-0.25, -0.2) is 9.97 Å². The molecule has 3 heterocycles. The summed E-state index contributed by atoms with van der Waals surface area (Å²) in [7, 11) is 1.68. The maximum Gasteiger partial charge on any atom is 0.211 e. The molecule has 0 N–H and O–H groups in total. The van der Waals surface area contributed by atoms with Crippen LogP contribution in [0.1, 0.15) is 41.8 Å². The van der Waals surface area contributed by atoms with E-state index in [1.807, 2.05) is 23.8 Å². The van der Waals surface area contributed by atoms with Crippen LogP contribution in [-0.2, 0) is 13.0 Å². The maximum atomic E-state index is 6.08. The van der Waals surface area contributed by atoms with Crippen molar-refractivity contribution < 1.29 is 9.15 Å². The second-order valence-electron chi connectivity index (χ2n) is 6.30. The first-order valence-electron chi connectivity index (χ1n) is 8.50. The Bertz CT molecular complexity index is 798. The number of nitrogens with zero attached hydrogens (tertiary/aromatic N) is 3. The second-order valence-corrected chi connectivity index (χ2v) is 7.02. The lowest BCUT2D eigenvalue weighted by molar-refractivity contribution is 0.210. The Labute approximate surface area is 151 Å². The number of hydrogen-bond donors (Lipinski definition) is 0. The van der Waals surface area contributed by atoms with Gasteiger partial charge in [-0.2, -0.15) is 0 Å². The van der Waals surface area contributed by atoms with Crippen LogP contribution in [0.2, 0.25) is 0 Å². The van der Waals surface area contributed by atoms with Crippen molar-refractivity contribution in [1.29, 1.82) is 0 Å². The normalized spacial score (nSPS) is 17.9. The summed E-state index contributed by atoms with van der Waals surface area (Å²) in [6.07, 6.45) is 4.87. The Morgan fingerprint density at radius 3 is 2.92 bits per heavy atom. The number of benzene rings is 1. The van der Waals surface area contributed by atoms with E-state index in [1.54, 1.807) is 18.4 Å². The quantitative estimate of drug-likeness (QED) is 0.667. The van der Waals surface area contributed by atoms with Gasteiger partial charge >= 0.3 is 0 Å². The minimum Gasteiger partial charge on any atom is -0.497 e. The Balaban J connectivity index is 1.44. The van der Waals surface area contributed by atoms with Gasteiger partial charge in [-0.05, 0) is 37.1 Å². The Morgan fingerprint density at radius 1 is 1.28 bits per heavy atom. The average molecular weight is 355 g/mol. The number of oxazole rings is 1. The summed E-state index contributed by atoms with van der Waals surface area (Å²) in [5.74, 6) is 2.60. The van der Waals surface area contributed by atoms with Gasteiger partial charge in [-0.15, -0.1) is 11.3 Å². The molecule has 1 aromatic carbocycles. The molecule has 0 bridgehead atoms. The van der Waals surface area contributed by atoms with Gasteiger partial charge in [-0.3, -0.25) is 4.90 Å². The molecule has 2 aromatic heterocycles. The second kappa shape index (κ2) is 7.37. The monoisotopic (exact) mass is 355 g/mol. The van der Waals surface area contributed by atoms with E-state index in [1.165, 1.54) is 12.0 Å². The van der Waals surface area contributed by atoms with E-state index in [2.05, 4.69) is 32.4 Å². The number of methoxy groups -OCH3 is 1. The predicted molar refractivity (Wildman–Crippen MR) is 96.8 cm³/mol. The molecule has 0 saturated carbocycles. The third-order valence-corrected chi connectivity index (χ3v) is 5.24. The zero-order chi connectivity index (χ0) is 17.1. The molecule has 1 aliphatic heterocycles. The molecular weight excluding hydrogens is 334 g/mol. The Kier molecular flexibility index (Phi) is 4.81. The van der Waals surface area contributed by atoms with Gasteiger partial charge in [0.2, 0.25) is 5.89 Å². The third kappa shape index (κ3) is 3.75. The number of aromatic nitrogens is 2. The zero-order valence-electron chi connectivity index (χ0n) is 14.2. The molecular formula is C19H21N3O2S. The van der Waals surface area contributed by atoms with Crippen molar-refractivity contribution in [2.45, 2.75) is 31.8 Å². The third-order valence-electron chi connectivity index (χ3n) is 4.61. The Hall–Kier alpha value is -2.18. The van der Waals surface area contributed by atoms with Crippen LogP contribution in [0.5, 0.6) is 5.75 Å². The van der Waals surface area contributed by atoms with E-state index in [0.717, 1.165) is 49.0 Å². The smallest absolute Gasteiger partial charge is 0.211 e. The largest absolute Gasteiger partial charge is 0.497 e. The highest BCUT2D eigenvalue weighted by molar-refractivity contribution is 7.07. The molecule has 130 valence electrons. The lowest BCUT2D eigenvalue weighted by Gasteiger charge is -2.20. The molecule has 1 saturated heterocycles. The van der Waals surface area contributed by atoms with Crippen LogP contribution in [0.15, 0.2) is 45.8 Å². The van der Waals surface area contributed by atoms with E-state index in [9.17, 15) is 0 Å². The summed E-state index contributed by atoms with van der Waals surface area (Å²) in [6.45, 7) is 1.93. The molecule has 5 nitrogen and oxygen atoms in total. The molecule has 0 spiro atoms. The summed E-state index contributed by atoms with van der Waals surface area (Å²) in [5.41, 5.74) is 4.20. The fraction of sp³-hybridized carbons (Fsp3) is 0.368. The highest BCUT2D eigenvalue weighted by Crippen LogP contribution is 2.33. The van der Waals surface area contributed by atoms with Crippen molar-refractivity contribution in [3.05, 3.63) is 64.3 Å². The van der Waals surface area contributed by atoms with E-state index in [4.69, 9.17) is 9.15 Å². The summed E-state index contributed by atoms with van der Waals surface area (Å²) < 4.78 is 11.3. The van der Waals surface area contributed by atoms with Crippen LogP contribution in [-0.4, -0.2) is 28.5 Å². The number of likely N-dealkylation sites (tertiary alicyclic amines) is 1. The van der Waals surface area contributed by atoms with E-state index >= 15 is 0 Å². The van der Waals surface area contributed by atoms with Gasteiger partial charge in [0.1, 0.15) is 11.5 Å². The van der Waals surface area contributed by atoms with Crippen molar-refractivity contribution in [2.24, 2.45) is 0 Å². The van der Waals surface area contributed by atoms with Crippen LogP contribution in [0.4, 0.5) is 0 Å². The van der Waals surface area contributed by atoms with Crippen molar-refractivity contribution >= 4 is 11.3 Å². The summed E-state index contributed by atoms with van der Waals surface area (Å²) in [6, 6.07) is 8.32. The first-order chi connectivity index (χ1) is 12.3. The summed E-state index contributed by atoms with van der Waals surface area (Å²) in [4.78, 5) is 11.4. The molecule has 0 radical (unpaired) electrons. The number of rotatable bonds is 6. The fourth-order valence-corrected chi connectivity index (χ4v) is 3.87. The maximum absolute atomic E-state index is 6.08. The molecule has 3 aromatic rings. The lowest BCUT2D eigenvalue weighted by atomic mass is 10.1. The fourth-order valence-electron chi connectivity index (χ4n) is 3.32. The van der Waals surface area contributed by atoms with Gasteiger partial charge < -0.3 is 9.15 Å². The van der Waals surface area contributed by atoms with Gasteiger partial charge in [0, 0.05) is 18.3 Å². The summed E-state index contributed by atoms with van der Waals surface area (Å²) in [5, 5.41) is 2.11. The Morgan fingerprint density at radius 2 is 2.16 bits per heavy atom. The van der Waals surface area contributed by atoms with Gasteiger partial charge in [0.05, 0.1) is 30.6 Å². The molecule has 1 atom stereocenters. The first kappa shape index (κ1) is 16.3. The van der Waals surface area contributed by atoms with Crippen LogP contribution in [0.25, 0.3) is 0 Å². The topological polar surface area (TPSA) is 51.4 Å². The standard InChI is InChI=1S/C19H21N3O2S/c1-23-16-6-4-14(5-7-16)9-17-10-20-19(24-17)18-3-2-8-22(18)11-15-12-25-13-21-15/h4-7,10,12-13,18H,2-3,8-9,11H2,1H3. The minimum atomic E-state index is 0.256. The SMILES string of the molecule is COc1ccc(Cc2cnc(C3CCCN3Cc3cscn3)o2)cc1. The van der Waals surface area contributed by atoms with E-state index in [-0.39, 0.29) is 6.04 Å². The molecule has 25 heavy (non-hydrogen) atoms. The summed E-state index contributed by atoms with van der Waals surface area (Å²) >= 11 is 1.64. The minimum absolute atomic E-state index is 0.256. The number of thiazole rings is 1. The molecule has 1 aliphatic rings. The van der Waals surface area contributed by atoms with E-state index in [0.29, 0.717) is 0 Å². The highest BCUT2D eigenvalue weighted by Gasteiger charge is 2.30. The lowest BCUT2D eigenvalue weighted by Crippen LogP contribution is -2.23. The van der Waals surface area contributed by atoms with Crippen LogP contribution < -0.4 is 4.74 Å². The van der Waals surface area contributed by atoms with Crippen molar-refractivity contribution in [3.63, 3.8) is 0 Å². The van der Waals surface area contributed by atoms with Crippen LogP contribution in [0.3, 0.4) is 0 Å². The zero-order valence-corrected chi connectivity index (χ0v) is 15.0. The van der Waals surface area contributed by atoms with Gasteiger partial charge in [0.15, 0.2) is 0 Å². The van der Waals surface area contributed by atoms with E-state index < -0.39 is 0 Å². The molecule has 6 heteroatoms. The van der Waals surface area contributed by atoms with Crippen LogP contribution >= 0.6 is 11.3 Å².